The van der Waals surface area contributed by atoms with Gasteiger partial charge in [-0.25, -0.2) is 0 Å². The Bertz CT molecular complexity index is 574. The van der Waals surface area contributed by atoms with Crippen molar-refractivity contribution in [2.45, 2.75) is 44.6 Å². The molecule has 0 radical (unpaired) electrons. The van der Waals surface area contributed by atoms with E-state index in [0.29, 0.717) is 0 Å². The summed E-state index contributed by atoms with van der Waals surface area (Å²) in [6.45, 7) is 2.21. The number of fused-ring (bicyclic) bond motifs is 1. The Labute approximate surface area is 109 Å². The molecule has 18 heavy (non-hydrogen) atoms. The first-order valence-electron chi connectivity index (χ1n) is 6.97. The molecule has 1 aliphatic rings. The van der Waals surface area contributed by atoms with Gasteiger partial charge in [-0.3, -0.25) is 0 Å². The maximum Gasteiger partial charge on any atom is 0.0483 e. The third-order valence-electron chi connectivity index (χ3n) is 4.64. The molecule has 1 aromatic carbocycles. The molecular formula is C16H22N2. The minimum atomic E-state index is -0.108. The lowest BCUT2D eigenvalue weighted by Gasteiger charge is -2.34. The Hall–Kier alpha value is -1.28. The number of aromatic nitrogens is 1. The average molecular weight is 242 g/mol. The van der Waals surface area contributed by atoms with E-state index in [1.165, 1.54) is 41.4 Å². The number of benzene rings is 1. The lowest BCUT2D eigenvalue weighted by atomic mass is 9.76. The second-order valence-corrected chi connectivity index (χ2v) is 5.75. The predicted octanol–water partition coefficient (Wildman–Crippen LogP) is 3.60. The summed E-state index contributed by atoms with van der Waals surface area (Å²) in [5.74, 6) is 0. The van der Waals surface area contributed by atoms with E-state index < -0.39 is 0 Å². The monoisotopic (exact) mass is 242 g/mol. The number of nitrogens with two attached hydrogens (primary N) is 1. The van der Waals surface area contributed by atoms with Crippen LogP contribution in [0.4, 0.5) is 0 Å². The maximum atomic E-state index is 6.75. The molecule has 1 heterocycles. The number of aryl methyl sites for hydroxylation is 1. The van der Waals surface area contributed by atoms with Gasteiger partial charge in [0.2, 0.25) is 0 Å². The number of para-hydroxylation sites is 1. The van der Waals surface area contributed by atoms with Crippen molar-refractivity contribution in [3.8, 4) is 0 Å². The van der Waals surface area contributed by atoms with E-state index in [-0.39, 0.29) is 5.54 Å². The van der Waals surface area contributed by atoms with Crippen molar-refractivity contribution in [1.29, 1.82) is 0 Å². The first-order valence-corrected chi connectivity index (χ1v) is 6.97. The Morgan fingerprint density at radius 3 is 2.50 bits per heavy atom. The molecule has 2 aromatic rings. The lowest BCUT2D eigenvalue weighted by Crippen LogP contribution is -2.39. The van der Waals surface area contributed by atoms with Gasteiger partial charge < -0.3 is 10.3 Å². The van der Waals surface area contributed by atoms with Crippen LogP contribution >= 0.6 is 0 Å². The van der Waals surface area contributed by atoms with Gasteiger partial charge in [0, 0.05) is 34.7 Å². The van der Waals surface area contributed by atoms with Crippen LogP contribution in [0.2, 0.25) is 0 Å². The molecule has 2 N–H and O–H groups in total. The number of rotatable bonds is 1. The summed E-state index contributed by atoms with van der Waals surface area (Å²) in [4.78, 5) is 0. The van der Waals surface area contributed by atoms with E-state index in [9.17, 15) is 0 Å². The highest BCUT2D eigenvalue weighted by Crippen LogP contribution is 2.40. The van der Waals surface area contributed by atoms with Crippen molar-refractivity contribution in [3.63, 3.8) is 0 Å². The van der Waals surface area contributed by atoms with E-state index in [1.807, 2.05) is 0 Å². The fourth-order valence-electron chi connectivity index (χ4n) is 3.58. The second-order valence-electron chi connectivity index (χ2n) is 5.75. The fourth-order valence-corrected chi connectivity index (χ4v) is 3.58. The number of nitrogens with zero attached hydrogens (tertiary/aromatic N) is 1. The van der Waals surface area contributed by atoms with Gasteiger partial charge >= 0.3 is 0 Å². The zero-order chi connectivity index (χ0) is 12.8. The minimum Gasteiger partial charge on any atom is -0.348 e. The third kappa shape index (κ3) is 1.59. The Morgan fingerprint density at radius 2 is 1.78 bits per heavy atom. The van der Waals surface area contributed by atoms with Crippen molar-refractivity contribution in [2.24, 2.45) is 12.8 Å². The SMILES string of the molecule is Cc1c(C2(N)CCCCC2)c2ccccc2n1C. The molecule has 2 nitrogen and oxygen atoms in total. The highest BCUT2D eigenvalue weighted by atomic mass is 15.0. The van der Waals surface area contributed by atoms with Crippen LogP contribution in [0.3, 0.4) is 0 Å². The van der Waals surface area contributed by atoms with E-state index in [4.69, 9.17) is 5.73 Å². The number of hydrogen-bond donors (Lipinski definition) is 1. The normalized spacial score (nSPS) is 19.3. The van der Waals surface area contributed by atoms with Crippen LogP contribution in [0.5, 0.6) is 0 Å². The molecule has 1 fully saturated rings. The second kappa shape index (κ2) is 4.13. The Morgan fingerprint density at radius 1 is 1.11 bits per heavy atom. The van der Waals surface area contributed by atoms with E-state index >= 15 is 0 Å². The highest BCUT2D eigenvalue weighted by molar-refractivity contribution is 5.86. The molecular weight excluding hydrogens is 220 g/mol. The quantitative estimate of drug-likeness (QED) is 0.813. The molecule has 0 bridgehead atoms. The van der Waals surface area contributed by atoms with Gasteiger partial charge in [0.1, 0.15) is 0 Å². The van der Waals surface area contributed by atoms with Crippen molar-refractivity contribution in [1.82, 2.24) is 4.57 Å². The molecule has 0 saturated heterocycles. The largest absolute Gasteiger partial charge is 0.348 e. The van der Waals surface area contributed by atoms with Crippen LogP contribution in [-0.4, -0.2) is 4.57 Å². The fraction of sp³-hybridized carbons (Fsp3) is 0.500. The van der Waals surface area contributed by atoms with Gasteiger partial charge in [0.15, 0.2) is 0 Å². The topological polar surface area (TPSA) is 30.9 Å². The van der Waals surface area contributed by atoms with Crippen LogP contribution in [0.1, 0.15) is 43.4 Å². The summed E-state index contributed by atoms with van der Waals surface area (Å²) in [6, 6.07) is 8.64. The van der Waals surface area contributed by atoms with Crippen LogP contribution in [-0.2, 0) is 12.6 Å². The first-order chi connectivity index (χ1) is 8.63. The summed E-state index contributed by atoms with van der Waals surface area (Å²) >= 11 is 0. The molecule has 1 aromatic heterocycles. The first kappa shape index (κ1) is 11.8. The molecule has 0 spiro atoms. The molecule has 96 valence electrons. The van der Waals surface area contributed by atoms with Crippen molar-refractivity contribution >= 4 is 10.9 Å². The Kier molecular flexibility index (Phi) is 2.70. The summed E-state index contributed by atoms with van der Waals surface area (Å²) in [5, 5.41) is 1.35. The molecule has 1 aliphatic carbocycles. The molecule has 0 unspecified atom stereocenters. The van der Waals surface area contributed by atoms with Crippen molar-refractivity contribution < 1.29 is 0 Å². The molecule has 2 heteroatoms. The predicted molar refractivity (Wildman–Crippen MR) is 76.6 cm³/mol. The summed E-state index contributed by atoms with van der Waals surface area (Å²) in [6.07, 6.45) is 6.12. The molecule has 3 rings (SSSR count). The van der Waals surface area contributed by atoms with Crippen molar-refractivity contribution in [2.75, 3.05) is 0 Å². The molecule has 0 atom stereocenters. The zero-order valence-electron chi connectivity index (χ0n) is 11.4. The van der Waals surface area contributed by atoms with Gasteiger partial charge in [-0.05, 0) is 25.8 Å². The van der Waals surface area contributed by atoms with Gasteiger partial charge in [0.25, 0.3) is 0 Å². The smallest absolute Gasteiger partial charge is 0.0483 e. The van der Waals surface area contributed by atoms with Gasteiger partial charge in [-0.15, -0.1) is 0 Å². The van der Waals surface area contributed by atoms with E-state index in [0.717, 1.165) is 12.8 Å². The lowest BCUT2D eigenvalue weighted by molar-refractivity contribution is 0.303. The molecule has 0 amide bonds. The minimum absolute atomic E-state index is 0.108. The van der Waals surface area contributed by atoms with Gasteiger partial charge in [-0.1, -0.05) is 37.5 Å². The molecule has 0 aliphatic heterocycles. The van der Waals surface area contributed by atoms with Gasteiger partial charge in [0.05, 0.1) is 0 Å². The summed E-state index contributed by atoms with van der Waals surface area (Å²) in [5.41, 5.74) is 10.7. The third-order valence-corrected chi connectivity index (χ3v) is 4.64. The van der Waals surface area contributed by atoms with Crippen LogP contribution in [0.25, 0.3) is 10.9 Å². The van der Waals surface area contributed by atoms with E-state index in [1.54, 1.807) is 0 Å². The van der Waals surface area contributed by atoms with Crippen LogP contribution in [0, 0.1) is 6.92 Å². The van der Waals surface area contributed by atoms with Crippen LogP contribution in [0.15, 0.2) is 24.3 Å². The molecule has 1 saturated carbocycles. The number of hydrogen-bond acceptors (Lipinski definition) is 1. The summed E-state index contributed by atoms with van der Waals surface area (Å²) < 4.78 is 2.29. The van der Waals surface area contributed by atoms with Gasteiger partial charge in [-0.2, -0.15) is 0 Å². The zero-order valence-corrected chi connectivity index (χ0v) is 11.4. The standard InChI is InChI=1S/C16H22N2/c1-12-15(16(17)10-6-3-7-11-16)13-8-4-5-9-14(13)18(12)2/h4-5,8-9H,3,6-7,10-11,17H2,1-2H3. The Balaban J connectivity index is 2.25. The average Bonchev–Trinajstić information content (AvgIpc) is 2.64. The van der Waals surface area contributed by atoms with E-state index in [2.05, 4.69) is 42.8 Å². The highest BCUT2D eigenvalue weighted by Gasteiger charge is 2.33. The maximum absolute atomic E-state index is 6.75. The summed E-state index contributed by atoms with van der Waals surface area (Å²) in [7, 11) is 2.15. The van der Waals surface area contributed by atoms with Crippen LogP contribution < -0.4 is 5.73 Å². The van der Waals surface area contributed by atoms with Crippen molar-refractivity contribution in [3.05, 3.63) is 35.5 Å².